The maximum atomic E-state index is 6.50. The van der Waals surface area contributed by atoms with E-state index in [2.05, 4.69) is 11.4 Å². The molecular formula is C17H27N3O3. The molecular weight excluding hydrogens is 294 g/mol. The molecule has 3 N–H and O–H groups in total. The summed E-state index contributed by atoms with van der Waals surface area (Å²) in [4.78, 5) is 4.77. The number of methoxy groups -OCH3 is 2. The molecule has 1 aromatic rings. The van der Waals surface area contributed by atoms with E-state index in [1.807, 2.05) is 0 Å². The topological polar surface area (TPSA) is 78.6 Å². The number of hydrogen-bond acceptors (Lipinski definition) is 6. The highest BCUT2D eigenvalue weighted by Crippen LogP contribution is 2.33. The van der Waals surface area contributed by atoms with Crippen LogP contribution in [0.2, 0.25) is 0 Å². The van der Waals surface area contributed by atoms with Crippen LogP contribution in [0.25, 0.3) is 0 Å². The average molecular weight is 321 g/mol. The summed E-state index contributed by atoms with van der Waals surface area (Å²) in [5, 5.41) is 3.36. The Balaban J connectivity index is 1.91. The minimum Gasteiger partial charge on any atom is -0.378 e. The van der Waals surface area contributed by atoms with Gasteiger partial charge in [-0.15, -0.1) is 0 Å². The van der Waals surface area contributed by atoms with E-state index in [9.17, 15) is 0 Å². The highest BCUT2D eigenvalue weighted by atomic mass is 16.7. The van der Waals surface area contributed by atoms with Crippen molar-refractivity contribution in [3.05, 3.63) is 22.9 Å². The molecule has 2 aliphatic heterocycles. The van der Waals surface area contributed by atoms with Crippen LogP contribution in [-0.4, -0.2) is 38.5 Å². The first kappa shape index (κ1) is 16.6. The molecule has 0 amide bonds. The number of rotatable bonds is 6. The van der Waals surface area contributed by atoms with Gasteiger partial charge in [0.15, 0.2) is 0 Å². The third kappa shape index (κ3) is 3.66. The number of anilines is 1. The first-order chi connectivity index (χ1) is 11.2. The lowest BCUT2D eigenvalue weighted by Crippen LogP contribution is -2.24. The highest BCUT2D eigenvalue weighted by Gasteiger charge is 2.27. The summed E-state index contributed by atoms with van der Waals surface area (Å²) in [5.41, 5.74) is 9.51. The van der Waals surface area contributed by atoms with Crippen LogP contribution in [-0.2, 0) is 20.6 Å². The molecule has 6 heteroatoms. The van der Waals surface area contributed by atoms with Crippen LogP contribution < -0.4 is 11.1 Å². The van der Waals surface area contributed by atoms with Crippen molar-refractivity contribution in [3.63, 3.8) is 0 Å². The molecule has 6 nitrogen and oxygen atoms in total. The monoisotopic (exact) mass is 321 g/mol. The first-order valence-corrected chi connectivity index (χ1v) is 8.43. The van der Waals surface area contributed by atoms with Gasteiger partial charge in [-0.25, -0.2) is 4.98 Å². The van der Waals surface area contributed by atoms with Gasteiger partial charge in [0, 0.05) is 33.4 Å². The number of ether oxygens (including phenoxy) is 3. The molecule has 3 heterocycles. The van der Waals surface area contributed by atoms with Gasteiger partial charge in [0.25, 0.3) is 0 Å². The van der Waals surface area contributed by atoms with Crippen LogP contribution in [0.1, 0.15) is 54.8 Å². The maximum absolute atomic E-state index is 6.50. The SMILES string of the molecule is COC(OC)c1nc2c(cc1[C@H](N)CC1CCCO1)CCCN2. The number of fused-ring (bicyclic) bond motifs is 1. The summed E-state index contributed by atoms with van der Waals surface area (Å²) in [5.74, 6) is 0.929. The molecule has 0 saturated carbocycles. The van der Waals surface area contributed by atoms with Gasteiger partial charge in [0.05, 0.1) is 6.10 Å². The first-order valence-electron chi connectivity index (χ1n) is 8.43. The molecule has 1 fully saturated rings. The molecule has 128 valence electrons. The molecule has 0 bridgehead atoms. The molecule has 0 radical (unpaired) electrons. The Kier molecular flexibility index (Phi) is 5.48. The van der Waals surface area contributed by atoms with Crippen molar-refractivity contribution < 1.29 is 14.2 Å². The Hall–Kier alpha value is -1.21. The summed E-state index contributed by atoms with van der Waals surface area (Å²) in [6, 6.07) is 2.05. The van der Waals surface area contributed by atoms with Gasteiger partial charge in [-0.05, 0) is 49.3 Å². The number of aromatic nitrogens is 1. The summed E-state index contributed by atoms with van der Waals surface area (Å²) in [6.45, 7) is 1.79. The fraction of sp³-hybridized carbons (Fsp3) is 0.706. The van der Waals surface area contributed by atoms with E-state index in [0.29, 0.717) is 0 Å². The van der Waals surface area contributed by atoms with Gasteiger partial charge in [-0.3, -0.25) is 0 Å². The highest BCUT2D eigenvalue weighted by molar-refractivity contribution is 5.50. The molecule has 2 atom stereocenters. The van der Waals surface area contributed by atoms with Crippen LogP contribution in [0.5, 0.6) is 0 Å². The van der Waals surface area contributed by atoms with E-state index in [1.165, 1.54) is 5.56 Å². The van der Waals surface area contributed by atoms with Crippen molar-refractivity contribution in [2.75, 3.05) is 32.7 Å². The van der Waals surface area contributed by atoms with Crippen molar-refractivity contribution in [2.45, 2.75) is 50.5 Å². The van der Waals surface area contributed by atoms with Crippen molar-refractivity contribution in [3.8, 4) is 0 Å². The zero-order valence-electron chi connectivity index (χ0n) is 14.0. The third-order valence-corrected chi connectivity index (χ3v) is 4.67. The molecule has 0 aromatic carbocycles. The molecule has 23 heavy (non-hydrogen) atoms. The van der Waals surface area contributed by atoms with Crippen LogP contribution in [0.15, 0.2) is 6.07 Å². The molecule has 1 saturated heterocycles. The largest absolute Gasteiger partial charge is 0.378 e. The van der Waals surface area contributed by atoms with Gasteiger partial charge in [-0.2, -0.15) is 0 Å². The minimum atomic E-state index is -0.505. The molecule has 0 spiro atoms. The van der Waals surface area contributed by atoms with Crippen LogP contribution >= 0.6 is 0 Å². The van der Waals surface area contributed by atoms with Gasteiger partial charge in [-0.1, -0.05) is 0 Å². The van der Waals surface area contributed by atoms with E-state index in [0.717, 1.165) is 62.3 Å². The van der Waals surface area contributed by atoms with Gasteiger partial charge >= 0.3 is 0 Å². The molecule has 1 aromatic heterocycles. The number of nitrogens with one attached hydrogen (secondary N) is 1. The smallest absolute Gasteiger partial charge is 0.200 e. The molecule has 2 aliphatic rings. The Morgan fingerprint density at radius 1 is 1.39 bits per heavy atom. The van der Waals surface area contributed by atoms with Gasteiger partial charge in [0.2, 0.25) is 6.29 Å². The Morgan fingerprint density at radius 2 is 2.22 bits per heavy atom. The summed E-state index contributed by atoms with van der Waals surface area (Å²) < 4.78 is 16.6. The maximum Gasteiger partial charge on any atom is 0.200 e. The van der Waals surface area contributed by atoms with Crippen molar-refractivity contribution in [1.29, 1.82) is 0 Å². The van der Waals surface area contributed by atoms with Crippen molar-refractivity contribution in [2.24, 2.45) is 5.73 Å². The van der Waals surface area contributed by atoms with Crippen LogP contribution in [0, 0.1) is 0 Å². The zero-order valence-corrected chi connectivity index (χ0v) is 14.0. The zero-order chi connectivity index (χ0) is 16.2. The quantitative estimate of drug-likeness (QED) is 0.783. The number of aryl methyl sites for hydroxylation is 1. The summed E-state index contributed by atoms with van der Waals surface area (Å²) in [6.07, 6.45) is 4.90. The second kappa shape index (κ2) is 7.57. The van der Waals surface area contributed by atoms with Crippen LogP contribution in [0.4, 0.5) is 5.82 Å². The van der Waals surface area contributed by atoms with Crippen LogP contribution in [0.3, 0.4) is 0 Å². The van der Waals surface area contributed by atoms with E-state index < -0.39 is 6.29 Å². The molecule has 0 aliphatic carbocycles. The van der Waals surface area contributed by atoms with Gasteiger partial charge < -0.3 is 25.3 Å². The number of pyridine rings is 1. The predicted octanol–water partition coefficient (Wildman–Crippen LogP) is 2.30. The number of hydrogen-bond donors (Lipinski definition) is 2. The predicted molar refractivity (Wildman–Crippen MR) is 88.3 cm³/mol. The van der Waals surface area contributed by atoms with Crippen molar-refractivity contribution >= 4 is 5.82 Å². The minimum absolute atomic E-state index is 0.124. The van der Waals surface area contributed by atoms with E-state index in [4.69, 9.17) is 24.9 Å². The molecule has 3 rings (SSSR count). The lowest BCUT2D eigenvalue weighted by molar-refractivity contribution is -0.109. The summed E-state index contributed by atoms with van der Waals surface area (Å²) >= 11 is 0. The standard InChI is InChI=1S/C17H27N3O3/c1-21-17(22-2)15-13(14(18)10-12-6-4-8-23-12)9-11-5-3-7-19-16(11)20-15/h9,12,14,17H,3-8,10,18H2,1-2H3,(H,19,20)/t12?,14-/m1/s1. The average Bonchev–Trinajstić information content (AvgIpc) is 3.08. The lowest BCUT2D eigenvalue weighted by Gasteiger charge is -2.26. The second-order valence-corrected chi connectivity index (χ2v) is 6.28. The van der Waals surface area contributed by atoms with E-state index >= 15 is 0 Å². The Bertz CT molecular complexity index is 528. The number of nitrogens with two attached hydrogens (primary N) is 1. The number of nitrogens with zero attached hydrogens (tertiary/aromatic N) is 1. The fourth-order valence-corrected chi connectivity index (χ4v) is 3.46. The van der Waals surface area contributed by atoms with E-state index in [1.54, 1.807) is 14.2 Å². The fourth-order valence-electron chi connectivity index (χ4n) is 3.46. The molecule has 1 unspecified atom stereocenters. The Morgan fingerprint density at radius 3 is 2.91 bits per heavy atom. The normalized spacial score (nSPS) is 22.0. The van der Waals surface area contributed by atoms with Crippen molar-refractivity contribution in [1.82, 2.24) is 4.98 Å². The lowest BCUT2D eigenvalue weighted by atomic mass is 9.95. The third-order valence-electron chi connectivity index (χ3n) is 4.67. The van der Waals surface area contributed by atoms with E-state index in [-0.39, 0.29) is 12.1 Å². The van der Waals surface area contributed by atoms with Gasteiger partial charge in [0.1, 0.15) is 11.5 Å². The Labute approximate surface area is 137 Å². The summed E-state index contributed by atoms with van der Waals surface area (Å²) in [7, 11) is 3.25. The second-order valence-electron chi connectivity index (χ2n) is 6.28.